The Labute approximate surface area is 118 Å². The minimum atomic E-state index is -0.476. The summed E-state index contributed by atoms with van der Waals surface area (Å²) in [7, 11) is 0. The van der Waals surface area contributed by atoms with Crippen molar-refractivity contribution in [1.29, 1.82) is 0 Å². The van der Waals surface area contributed by atoms with Crippen LogP contribution in [0.5, 0.6) is 0 Å². The molecule has 3 nitrogen and oxygen atoms in total. The van der Waals surface area contributed by atoms with Crippen molar-refractivity contribution in [3.8, 4) is 0 Å². The SMILES string of the molecule is CC(C)(CO)CNC(=O)CCCc1cc(F)ccc1F. The van der Waals surface area contributed by atoms with Gasteiger partial charge in [0.05, 0.1) is 0 Å². The molecule has 0 aliphatic heterocycles. The van der Waals surface area contributed by atoms with Crippen molar-refractivity contribution in [1.82, 2.24) is 5.32 Å². The van der Waals surface area contributed by atoms with Crippen LogP contribution < -0.4 is 5.32 Å². The molecule has 1 amide bonds. The van der Waals surface area contributed by atoms with Crippen LogP contribution >= 0.6 is 0 Å². The third-order valence-corrected chi connectivity index (χ3v) is 3.05. The average Bonchev–Trinajstić information content (AvgIpc) is 2.40. The third kappa shape index (κ3) is 5.65. The number of aryl methyl sites for hydroxylation is 1. The highest BCUT2D eigenvalue weighted by atomic mass is 19.1. The van der Waals surface area contributed by atoms with Gasteiger partial charge in [0.15, 0.2) is 0 Å². The molecule has 1 rings (SSSR count). The van der Waals surface area contributed by atoms with E-state index in [9.17, 15) is 13.6 Å². The van der Waals surface area contributed by atoms with Gasteiger partial charge < -0.3 is 10.4 Å². The van der Waals surface area contributed by atoms with E-state index in [2.05, 4.69) is 5.32 Å². The van der Waals surface area contributed by atoms with E-state index in [1.807, 2.05) is 13.8 Å². The quantitative estimate of drug-likeness (QED) is 0.808. The van der Waals surface area contributed by atoms with E-state index in [0.29, 0.717) is 19.4 Å². The Morgan fingerprint density at radius 3 is 2.70 bits per heavy atom. The van der Waals surface area contributed by atoms with Crippen molar-refractivity contribution < 1.29 is 18.7 Å². The first-order valence-corrected chi connectivity index (χ1v) is 6.65. The van der Waals surface area contributed by atoms with Gasteiger partial charge in [-0.05, 0) is 36.6 Å². The van der Waals surface area contributed by atoms with Crippen molar-refractivity contribution in [2.24, 2.45) is 5.41 Å². The zero-order chi connectivity index (χ0) is 15.2. The van der Waals surface area contributed by atoms with Gasteiger partial charge in [0.2, 0.25) is 5.91 Å². The van der Waals surface area contributed by atoms with Gasteiger partial charge in [-0.2, -0.15) is 0 Å². The molecule has 0 saturated carbocycles. The predicted molar refractivity (Wildman–Crippen MR) is 73.2 cm³/mol. The minimum absolute atomic E-state index is 0.0121. The number of nitrogens with one attached hydrogen (secondary N) is 1. The van der Waals surface area contributed by atoms with Gasteiger partial charge >= 0.3 is 0 Å². The number of carbonyl (C=O) groups excluding carboxylic acids is 1. The van der Waals surface area contributed by atoms with Crippen molar-refractivity contribution in [3.63, 3.8) is 0 Å². The van der Waals surface area contributed by atoms with Crippen LogP contribution in [0.3, 0.4) is 0 Å². The summed E-state index contributed by atoms with van der Waals surface area (Å²) < 4.78 is 26.3. The van der Waals surface area contributed by atoms with Crippen LogP contribution in [0.4, 0.5) is 8.78 Å². The number of halogens is 2. The molecule has 2 N–H and O–H groups in total. The lowest BCUT2D eigenvalue weighted by atomic mass is 9.95. The van der Waals surface area contributed by atoms with Crippen LogP contribution in [0.2, 0.25) is 0 Å². The van der Waals surface area contributed by atoms with Crippen LogP contribution in [0.25, 0.3) is 0 Å². The maximum atomic E-state index is 13.3. The van der Waals surface area contributed by atoms with Crippen molar-refractivity contribution >= 4 is 5.91 Å². The Kier molecular flexibility index (Phi) is 6.07. The van der Waals surface area contributed by atoms with Crippen LogP contribution in [-0.2, 0) is 11.2 Å². The molecule has 0 bridgehead atoms. The number of aliphatic hydroxyl groups is 1. The highest BCUT2D eigenvalue weighted by Crippen LogP contribution is 2.13. The molecule has 1 aromatic rings. The van der Waals surface area contributed by atoms with Crippen molar-refractivity contribution in [3.05, 3.63) is 35.4 Å². The number of carbonyl (C=O) groups is 1. The van der Waals surface area contributed by atoms with E-state index in [1.54, 1.807) is 0 Å². The van der Waals surface area contributed by atoms with Crippen molar-refractivity contribution in [2.45, 2.75) is 33.1 Å². The monoisotopic (exact) mass is 285 g/mol. The fraction of sp³-hybridized carbons (Fsp3) is 0.533. The maximum Gasteiger partial charge on any atom is 0.220 e. The molecule has 20 heavy (non-hydrogen) atoms. The summed E-state index contributed by atoms with van der Waals surface area (Å²) in [6.45, 7) is 4.06. The first-order valence-electron chi connectivity index (χ1n) is 6.65. The van der Waals surface area contributed by atoms with Crippen LogP contribution in [0.15, 0.2) is 18.2 Å². The maximum absolute atomic E-state index is 13.3. The van der Waals surface area contributed by atoms with Crippen LogP contribution in [0.1, 0.15) is 32.3 Å². The lowest BCUT2D eigenvalue weighted by Crippen LogP contribution is -2.35. The molecule has 0 fully saturated rings. The van der Waals surface area contributed by atoms with Gasteiger partial charge in [0, 0.05) is 25.0 Å². The molecule has 0 unspecified atom stereocenters. The topological polar surface area (TPSA) is 49.3 Å². The third-order valence-electron chi connectivity index (χ3n) is 3.05. The summed E-state index contributed by atoms with van der Waals surface area (Å²) in [5, 5.41) is 11.8. The fourth-order valence-electron chi connectivity index (χ4n) is 1.66. The molecule has 5 heteroatoms. The summed E-state index contributed by atoms with van der Waals surface area (Å²) >= 11 is 0. The Morgan fingerprint density at radius 2 is 2.05 bits per heavy atom. The lowest BCUT2D eigenvalue weighted by molar-refractivity contribution is -0.121. The van der Waals surface area contributed by atoms with Gasteiger partial charge in [-0.3, -0.25) is 4.79 Å². The zero-order valence-electron chi connectivity index (χ0n) is 11.9. The number of rotatable bonds is 7. The smallest absolute Gasteiger partial charge is 0.220 e. The number of hydrogen-bond acceptors (Lipinski definition) is 2. The normalized spacial score (nSPS) is 11.4. The predicted octanol–water partition coefficient (Wildman–Crippen LogP) is 2.42. The van der Waals surface area contributed by atoms with Gasteiger partial charge in [-0.25, -0.2) is 8.78 Å². The highest BCUT2D eigenvalue weighted by molar-refractivity contribution is 5.75. The number of hydrogen-bond donors (Lipinski definition) is 2. The zero-order valence-corrected chi connectivity index (χ0v) is 11.9. The number of amides is 1. The van der Waals surface area contributed by atoms with E-state index >= 15 is 0 Å². The molecule has 0 saturated heterocycles. The molecule has 0 heterocycles. The fourth-order valence-corrected chi connectivity index (χ4v) is 1.66. The molecular weight excluding hydrogens is 264 g/mol. The number of benzene rings is 1. The highest BCUT2D eigenvalue weighted by Gasteiger charge is 2.17. The second kappa shape index (κ2) is 7.33. The number of aliphatic hydroxyl groups excluding tert-OH is 1. The first-order chi connectivity index (χ1) is 9.34. The van der Waals surface area contributed by atoms with Crippen LogP contribution in [0, 0.1) is 17.0 Å². The van der Waals surface area contributed by atoms with Crippen LogP contribution in [-0.4, -0.2) is 24.2 Å². The molecular formula is C15H21F2NO2. The second-order valence-electron chi connectivity index (χ2n) is 5.69. The molecule has 0 aliphatic rings. The Bertz CT molecular complexity index is 461. The van der Waals surface area contributed by atoms with Gasteiger partial charge in [0.1, 0.15) is 11.6 Å². The summed E-state index contributed by atoms with van der Waals surface area (Å²) in [5.41, 5.74) is -0.0712. The average molecular weight is 285 g/mol. The largest absolute Gasteiger partial charge is 0.396 e. The van der Waals surface area contributed by atoms with E-state index in [4.69, 9.17) is 5.11 Å². The standard InChI is InChI=1S/C15H21F2NO2/c1-15(2,10-19)9-18-14(20)5-3-4-11-8-12(16)6-7-13(11)17/h6-8,19H,3-5,9-10H2,1-2H3,(H,18,20). The molecule has 0 aliphatic carbocycles. The second-order valence-corrected chi connectivity index (χ2v) is 5.69. The lowest BCUT2D eigenvalue weighted by Gasteiger charge is -2.21. The van der Waals surface area contributed by atoms with Gasteiger partial charge in [0.25, 0.3) is 0 Å². The summed E-state index contributed by atoms with van der Waals surface area (Å²) in [6, 6.07) is 3.32. The first kappa shape index (κ1) is 16.6. The molecule has 0 radical (unpaired) electrons. The summed E-state index contributed by atoms with van der Waals surface area (Å²) in [5.74, 6) is -1.08. The Hall–Kier alpha value is -1.49. The van der Waals surface area contributed by atoms with E-state index in [-0.39, 0.29) is 29.9 Å². The Morgan fingerprint density at radius 1 is 1.35 bits per heavy atom. The van der Waals surface area contributed by atoms with E-state index in [1.165, 1.54) is 0 Å². The Balaban J connectivity index is 2.33. The molecule has 0 spiro atoms. The van der Waals surface area contributed by atoms with E-state index in [0.717, 1.165) is 18.2 Å². The van der Waals surface area contributed by atoms with Gasteiger partial charge in [-0.1, -0.05) is 13.8 Å². The van der Waals surface area contributed by atoms with E-state index < -0.39 is 11.6 Å². The van der Waals surface area contributed by atoms with Gasteiger partial charge in [-0.15, -0.1) is 0 Å². The molecule has 1 aromatic carbocycles. The molecule has 112 valence electrons. The van der Waals surface area contributed by atoms with Crippen molar-refractivity contribution in [2.75, 3.05) is 13.2 Å². The molecule has 0 atom stereocenters. The molecule has 0 aromatic heterocycles. The minimum Gasteiger partial charge on any atom is -0.396 e. The summed E-state index contributed by atoms with van der Waals surface area (Å²) in [6.07, 6.45) is 1.02. The summed E-state index contributed by atoms with van der Waals surface area (Å²) in [4.78, 5) is 11.6.